The van der Waals surface area contributed by atoms with Crippen LogP contribution in [0, 0.1) is 6.92 Å². The fourth-order valence-electron chi connectivity index (χ4n) is 2.32. The first-order valence-electron chi connectivity index (χ1n) is 7.19. The summed E-state index contributed by atoms with van der Waals surface area (Å²) in [7, 11) is -2.32. The van der Waals surface area contributed by atoms with E-state index < -0.39 is 10.0 Å². The summed E-state index contributed by atoms with van der Waals surface area (Å²) in [6, 6.07) is 15.0. The second kappa shape index (κ2) is 6.37. The number of nitrogens with zero attached hydrogens (tertiary/aromatic N) is 2. The minimum Gasteiger partial charge on any atom is -0.497 e. The van der Waals surface area contributed by atoms with Gasteiger partial charge in [0.05, 0.1) is 17.7 Å². The molecule has 0 saturated carbocycles. The van der Waals surface area contributed by atoms with Crippen molar-refractivity contribution in [1.29, 1.82) is 0 Å². The Hall–Kier alpha value is -2.80. The zero-order chi connectivity index (χ0) is 17.2. The van der Waals surface area contributed by atoms with Gasteiger partial charge in [-0.3, -0.25) is 0 Å². The Kier molecular flexibility index (Phi) is 4.26. The van der Waals surface area contributed by atoms with Crippen LogP contribution in [0.5, 0.6) is 5.75 Å². The number of anilines is 2. The first-order chi connectivity index (χ1) is 11.5. The maximum Gasteiger partial charge on any atom is 0.268 e. The second-order valence-electron chi connectivity index (χ2n) is 5.07. The molecule has 24 heavy (non-hydrogen) atoms. The van der Waals surface area contributed by atoms with Crippen molar-refractivity contribution >= 4 is 21.4 Å². The van der Waals surface area contributed by atoms with E-state index in [4.69, 9.17) is 9.26 Å². The molecule has 3 aromatic rings. The number of aromatic nitrogens is 1. The van der Waals surface area contributed by atoms with Crippen molar-refractivity contribution in [2.75, 3.05) is 11.4 Å². The first kappa shape index (κ1) is 16.1. The molecule has 7 heteroatoms. The highest BCUT2D eigenvalue weighted by Crippen LogP contribution is 2.35. The van der Waals surface area contributed by atoms with E-state index in [2.05, 4.69) is 5.16 Å². The summed E-state index contributed by atoms with van der Waals surface area (Å²) >= 11 is 0. The smallest absolute Gasteiger partial charge is 0.268 e. The third-order valence-electron chi connectivity index (χ3n) is 3.51. The zero-order valence-corrected chi connectivity index (χ0v) is 14.0. The quantitative estimate of drug-likeness (QED) is 0.708. The minimum absolute atomic E-state index is 0.174. The standard InChI is InChI=1S/C17H16N2O4S/c1-13-17(12-23-18-13)19(14-7-6-8-15(11-14)22-2)24(20,21)16-9-4-3-5-10-16/h3-12H,1-2H3. The molecule has 0 radical (unpaired) electrons. The van der Waals surface area contributed by atoms with E-state index in [1.54, 1.807) is 61.5 Å². The summed E-state index contributed by atoms with van der Waals surface area (Å²) in [4.78, 5) is 0.174. The number of methoxy groups -OCH3 is 1. The van der Waals surface area contributed by atoms with E-state index in [-0.39, 0.29) is 4.90 Å². The topological polar surface area (TPSA) is 72.6 Å². The molecule has 6 nitrogen and oxygen atoms in total. The number of sulfonamides is 1. The third kappa shape index (κ3) is 2.85. The third-order valence-corrected chi connectivity index (χ3v) is 5.27. The van der Waals surface area contributed by atoms with Gasteiger partial charge in [0.25, 0.3) is 10.0 Å². The Bertz CT molecular complexity index is 936. The van der Waals surface area contributed by atoms with Gasteiger partial charge in [-0.05, 0) is 31.2 Å². The van der Waals surface area contributed by atoms with Crippen LogP contribution in [0.25, 0.3) is 0 Å². The van der Waals surface area contributed by atoms with E-state index in [0.717, 1.165) is 0 Å². The van der Waals surface area contributed by atoms with E-state index in [1.165, 1.54) is 17.7 Å². The Labute approximate surface area is 140 Å². The van der Waals surface area contributed by atoms with Crippen molar-refractivity contribution in [2.24, 2.45) is 0 Å². The molecule has 0 unspecified atom stereocenters. The molecular weight excluding hydrogens is 328 g/mol. The van der Waals surface area contributed by atoms with Gasteiger partial charge >= 0.3 is 0 Å². The average Bonchev–Trinajstić information content (AvgIpc) is 3.01. The largest absolute Gasteiger partial charge is 0.497 e. The Morgan fingerprint density at radius 1 is 1.08 bits per heavy atom. The molecule has 124 valence electrons. The monoisotopic (exact) mass is 344 g/mol. The predicted molar refractivity (Wildman–Crippen MR) is 90.0 cm³/mol. The molecular formula is C17H16N2O4S. The second-order valence-corrected chi connectivity index (χ2v) is 6.86. The van der Waals surface area contributed by atoms with Crippen molar-refractivity contribution in [1.82, 2.24) is 5.16 Å². The highest BCUT2D eigenvalue weighted by Gasteiger charge is 2.29. The number of ether oxygens (including phenoxy) is 1. The number of aryl methyl sites for hydroxylation is 1. The van der Waals surface area contributed by atoms with Gasteiger partial charge in [0.15, 0.2) is 0 Å². The summed E-state index contributed by atoms with van der Waals surface area (Å²) in [6.45, 7) is 1.69. The summed E-state index contributed by atoms with van der Waals surface area (Å²) in [6.07, 6.45) is 1.31. The number of hydrogen-bond acceptors (Lipinski definition) is 5. The molecule has 0 aliphatic carbocycles. The fraction of sp³-hybridized carbons (Fsp3) is 0.118. The molecule has 0 aliphatic heterocycles. The first-order valence-corrected chi connectivity index (χ1v) is 8.63. The normalized spacial score (nSPS) is 11.2. The van der Waals surface area contributed by atoms with Gasteiger partial charge in [-0.1, -0.05) is 29.4 Å². The average molecular weight is 344 g/mol. The van der Waals surface area contributed by atoms with Gasteiger partial charge in [0.1, 0.15) is 23.4 Å². The molecule has 0 aliphatic rings. The molecule has 1 aromatic heterocycles. The summed E-state index contributed by atoms with van der Waals surface area (Å²) in [5, 5.41) is 3.80. The molecule has 0 saturated heterocycles. The number of rotatable bonds is 5. The lowest BCUT2D eigenvalue weighted by molar-refractivity contribution is 0.414. The van der Waals surface area contributed by atoms with Crippen LogP contribution in [0.1, 0.15) is 5.69 Å². The van der Waals surface area contributed by atoms with Crippen molar-refractivity contribution < 1.29 is 17.7 Å². The van der Waals surface area contributed by atoms with Gasteiger partial charge in [-0.15, -0.1) is 0 Å². The maximum absolute atomic E-state index is 13.2. The van der Waals surface area contributed by atoms with Crippen molar-refractivity contribution in [3.63, 3.8) is 0 Å². The van der Waals surface area contributed by atoms with E-state index in [1.807, 2.05) is 0 Å². The number of benzene rings is 2. The highest BCUT2D eigenvalue weighted by atomic mass is 32.2. The molecule has 0 bridgehead atoms. The van der Waals surface area contributed by atoms with E-state index in [0.29, 0.717) is 22.8 Å². The Morgan fingerprint density at radius 2 is 1.83 bits per heavy atom. The molecule has 0 spiro atoms. The zero-order valence-electron chi connectivity index (χ0n) is 13.2. The molecule has 0 atom stereocenters. The molecule has 0 fully saturated rings. The van der Waals surface area contributed by atoms with Crippen LogP contribution in [0.4, 0.5) is 11.4 Å². The molecule has 2 aromatic carbocycles. The summed E-state index contributed by atoms with van der Waals surface area (Å²) in [5.74, 6) is 0.551. The van der Waals surface area contributed by atoms with Gasteiger partial charge in [-0.25, -0.2) is 12.7 Å². The fourth-order valence-corrected chi connectivity index (χ4v) is 3.86. The van der Waals surface area contributed by atoms with Crippen molar-refractivity contribution in [3.05, 3.63) is 66.6 Å². The van der Waals surface area contributed by atoms with Gasteiger partial charge in [0, 0.05) is 6.07 Å². The van der Waals surface area contributed by atoms with Crippen molar-refractivity contribution in [2.45, 2.75) is 11.8 Å². The predicted octanol–water partition coefficient (Wildman–Crippen LogP) is 3.52. The molecule has 0 N–H and O–H groups in total. The van der Waals surface area contributed by atoms with Crippen LogP contribution in [-0.4, -0.2) is 20.7 Å². The summed E-state index contributed by atoms with van der Waals surface area (Å²) in [5.41, 5.74) is 1.26. The SMILES string of the molecule is COc1cccc(N(c2conc2C)S(=O)(=O)c2ccccc2)c1. The van der Waals surface area contributed by atoms with Crippen LogP contribution in [0.2, 0.25) is 0 Å². The lowest BCUT2D eigenvalue weighted by Crippen LogP contribution is -2.26. The molecule has 1 heterocycles. The van der Waals surface area contributed by atoms with E-state index >= 15 is 0 Å². The van der Waals surface area contributed by atoms with Crippen LogP contribution >= 0.6 is 0 Å². The summed E-state index contributed by atoms with van der Waals surface area (Å²) < 4.78 is 37.8. The lowest BCUT2D eigenvalue weighted by Gasteiger charge is -2.23. The minimum atomic E-state index is -3.85. The Balaban J connectivity index is 2.22. The van der Waals surface area contributed by atoms with Crippen LogP contribution in [-0.2, 0) is 10.0 Å². The van der Waals surface area contributed by atoms with Gasteiger partial charge < -0.3 is 9.26 Å². The molecule has 0 amide bonds. The van der Waals surface area contributed by atoms with Gasteiger partial charge in [0.2, 0.25) is 0 Å². The Morgan fingerprint density at radius 3 is 2.46 bits per heavy atom. The maximum atomic E-state index is 13.2. The number of hydrogen-bond donors (Lipinski definition) is 0. The highest BCUT2D eigenvalue weighted by molar-refractivity contribution is 7.93. The van der Waals surface area contributed by atoms with Gasteiger partial charge in [-0.2, -0.15) is 0 Å². The van der Waals surface area contributed by atoms with Crippen LogP contribution in [0.15, 0.2) is 70.3 Å². The van der Waals surface area contributed by atoms with Crippen molar-refractivity contribution in [3.8, 4) is 5.75 Å². The van der Waals surface area contributed by atoms with Crippen LogP contribution < -0.4 is 9.04 Å². The van der Waals surface area contributed by atoms with E-state index in [9.17, 15) is 8.42 Å². The molecule has 3 rings (SSSR count). The lowest BCUT2D eigenvalue weighted by atomic mass is 10.3. The van der Waals surface area contributed by atoms with Crippen LogP contribution in [0.3, 0.4) is 0 Å².